The molecule has 1 aromatic rings. The highest BCUT2D eigenvalue weighted by Gasteiger charge is 2.00. The van der Waals surface area contributed by atoms with Crippen LogP contribution >= 0.6 is 0 Å². The molecule has 1 aromatic heterocycles. The van der Waals surface area contributed by atoms with Crippen molar-refractivity contribution in [2.45, 2.75) is 32.7 Å². The second-order valence-corrected chi connectivity index (χ2v) is 2.92. The van der Waals surface area contributed by atoms with Crippen LogP contribution in [0.2, 0.25) is 0 Å². The summed E-state index contributed by atoms with van der Waals surface area (Å²) in [6.07, 6.45) is 1.86. The number of nitrogens with one attached hydrogen (secondary N) is 1. The van der Waals surface area contributed by atoms with Crippen molar-refractivity contribution in [3.8, 4) is 0 Å². The summed E-state index contributed by atoms with van der Waals surface area (Å²) in [7, 11) is 0. The van der Waals surface area contributed by atoms with Crippen LogP contribution in [0.5, 0.6) is 0 Å². The minimum absolute atomic E-state index is 0.208. The quantitative estimate of drug-likeness (QED) is 0.676. The van der Waals surface area contributed by atoms with E-state index in [-0.39, 0.29) is 6.04 Å². The normalized spacial score (nSPS) is 13.4. The molecular formula is C8H15N3. The first-order valence-corrected chi connectivity index (χ1v) is 4.01. The van der Waals surface area contributed by atoms with Crippen molar-refractivity contribution < 1.29 is 0 Å². The molecule has 11 heavy (non-hydrogen) atoms. The molecule has 0 aliphatic carbocycles. The summed E-state index contributed by atoms with van der Waals surface area (Å²) in [6, 6.07) is 2.28. The standard InChI is InChI=1S/C8H15N3/c1-3-7-5-8(11-10-7)4-6(2)9/h5-6H,3-4,9H2,1-2H3,(H,10,11). The minimum atomic E-state index is 0.208. The lowest BCUT2D eigenvalue weighted by Crippen LogP contribution is -2.17. The summed E-state index contributed by atoms with van der Waals surface area (Å²) in [5, 5.41) is 7.07. The van der Waals surface area contributed by atoms with Gasteiger partial charge in [0.1, 0.15) is 0 Å². The fourth-order valence-electron chi connectivity index (χ4n) is 1.04. The Labute approximate surface area is 67.0 Å². The van der Waals surface area contributed by atoms with E-state index in [2.05, 4.69) is 23.2 Å². The minimum Gasteiger partial charge on any atom is -0.328 e. The van der Waals surface area contributed by atoms with E-state index in [0.29, 0.717) is 0 Å². The monoisotopic (exact) mass is 153 g/mol. The summed E-state index contributed by atoms with van der Waals surface area (Å²) in [5.74, 6) is 0. The van der Waals surface area contributed by atoms with Crippen molar-refractivity contribution in [2.75, 3.05) is 0 Å². The van der Waals surface area contributed by atoms with Crippen molar-refractivity contribution in [1.29, 1.82) is 0 Å². The van der Waals surface area contributed by atoms with Gasteiger partial charge in [-0.2, -0.15) is 5.10 Å². The van der Waals surface area contributed by atoms with E-state index in [4.69, 9.17) is 5.73 Å². The second-order valence-electron chi connectivity index (χ2n) is 2.92. The summed E-state index contributed by atoms with van der Waals surface area (Å²) >= 11 is 0. The average Bonchev–Trinajstić information content (AvgIpc) is 2.34. The van der Waals surface area contributed by atoms with Gasteiger partial charge >= 0.3 is 0 Å². The molecule has 0 spiro atoms. The number of aromatic nitrogens is 2. The fraction of sp³-hybridized carbons (Fsp3) is 0.625. The molecule has 0 aromatic carbocycles. The first-order chi connectivity index (χ1) is 5.22. The molecule has 3 heteroatoms. The van der Waals surface area contributed by atoms with Crippen LogP contribution in [0.4, 0.5) is 0 Å². The van der Waals surface area contributed by atoms with Gasteiger partial charge in [-0.15, -0.1) is 0 Å². The Balaban J connectivity index is 2.58. The van der Waals surface area contributed by atoms with Crippen molar-refractivity contribution >= 4 is 0 Å². The van der Waals surface area contributed by atoms with E-state index in [1.54, 1.807) is 0 Å². The predicted molar refractivity (Wildman–Crippen MR) is 45.3 cm³/mol. The molecule has 3 nitrogen and oxygen atoms in total. The van der Waals surface area contributed by atoms with E-state index >= 15 is 0 Å². The molecule has 62 valence electrons. The largest absolute Gasteiger partial charge is 0.328 e. The van der Waals surface area contributed by atoms with Crippen molar-refractivity contribution in [3.63, 3.8) is 0 Å². The first kappa shape index (κ1) is 8.27. The number of hydrogen-bond acceptors (Lipinski definition) is 2. The van der Waals surface area contributed by atoms with Gasteiger partial charge in [-0.1, -0.05) is 6.92 Å². The smallest absolute Gasteiger partial charge is 0.0622 e. The topological polar surface area (TPSA) is 54.7 Å². The van der Waals surface area contributed by atoms with E-state index in [9.17, 15) is 0 Å². The van der Waals surface area contributed by atoms with Gasteiger partial charge in [0.05, 0.1) is 5.69 Å². The van der Waals surface area contributed by atoms with Crippen LogP contribution in [0, 0.1) is 0 Å². The molecule has 0 fully saturated rings. The number of rotatable bonds is 3. The number of nitrogens with zero attached hydrogens (tertiary/aromatic N) is 1. The SMILES string of the molecule is CCc1cc(CC(C)N)[nH]n1. The Bertz CT molecular complexity index is 215. The highest BCUT2D eigenvalue weighted by molar-refractivity contribution is 5.09. The molecular weight excluding hydrogens is 138 g/mol. The molecule has 1 atom stereocenters. The van der Waals surface area contributed by atoms with E-state index in [1.807, 2.05) is 6.92 Å². The van der Waals surface area contributed by atoms with E-state index in [0.717, 1.165) is 24.2 Å². The molecule has 0 radical (unpaired) electrons. The fourth-order valence-corrected chi connectivity index (χ4v) is 1.04. The highest BCUT2D eigenvalue weighted by atomic mass is 15.1. The number of nitrogens with two attached hydrogens (primary N) is 1. The van der Waals surface area contributed by atoms with Gasteiger partial charge in [-0.3, -0.25) is 5.10 Å². The Morgan fingerprint density at radius 1 is 1.73 bits per heavy atom. The van der Waals surface area contributed by atoms with Gasteiger partial charge in [0.2, 0.25) is 0 Å². The highest BCUT2D eigenvalue weighted by Crippen LogP contribution is 2.01. The lowest BCUT2D eigenvalue weighted by Gasteiger charge is -1.99. The van der Waals surface area contributed by atoms with Crippen molar-refractivity contribution in [3.05, 3.63) is 17.5 Å². The molecule has 1 rings (SSSR count). The van der Waals surface area contributed by atoms with Crippen LogP contribution in [-0.2, 0) is 12.8 Å². The molecule has 0 aliphatic rings. The third kappa shape index (κ3) is 2.35. The van der Waals surface area contributed by atoms with E-state index < -0.39 is 0 Å². The Morgan fingerprint density at radius 2 is 2.45 bits per heavy atom. The van der Waals surface area contributed by atoms with Crippen LogP contribution in [0.25, 0.3) is 0 Å². The second kappa shape index (κ2) is 3.53. The van der Waals surface area contributed by atoms with Gasteiger partial charge in [0.25, 0.3) is 0 Å². The predicted octanol–water partition coefficient (Wildman–Crippen LogP) is 0.862. The molecule has 0 saturated heterocycles. The zero-order valence-electron chi connectivity index (χ0n) is 7.09. The van der Waals surface area contributed by atoms with E-state index in [1.165, 1.54) is 0 Å². The van der Waals surface area contributed by atoms with Crippen LogP contribution in [-0.4, -0.2) is 16.2 Å². The summed E-state index contributed by atoms with van der Waals surface area (Å²) in [6.45, 7) is 4.08. The average molecular weight is 153 g/mol. The number of H-pyrrole nitrogens is 1. The zero-order chi connectivity index (χ0) is 8.27. The maximum absolute atomic E-state index is 5.63. The summed E-state index contributed by atoms with van der Waals surface area (Å²) in [5.41, 5.74) is 7.88. The zero-order valence-corrected chi connectivity index (χ0v) is 7.09. The Morgan fingerprint density at radius 3 is 2.91 bits per heavy atom. The van der Waals surface area contributed by atoms with Gasteiger partial charge in [0.15, 0.2) is 0 Å². The lowest BCUT2D eigenvalue weighted by atomic mass is 10.2. The third-order valence-corrected chi connectivity index (χ3v) is 1.59. The van der Waals surface area contributed by atoms with Gasteiger partial charge in [-0.05, 0) is 19.4 Å². The van der Waals surface area contributed by atoms with Gasteiger partial charge in [-0.25, -0.2) is 0 Å². The van der Waals surface area contributed by atoms with Crippen LogP contribution in [0.3, 0.4) is 0 Å². The van der Waals surface area contributed by atoms with Crippen LogP contribution in [0.15, 0.2) is 6.07 Å². The van der Waals surface area contributed by atoms with Crippen LogP contribution in [0.1, 0.15) is 25.2 Å². The third-order valence-electron chi connectivity index (χ3n) is 1.59. The maximum Gasteiger partial charge on any atom is 0.0622 e. The van der Waals surface area contributed by atoms with Crippen LogP contribution < -0.4 is 5.73 Å². The first-order valence-electron chi connectivity index (χ1n) is 4.01. The summed E-state index contributed by atoms with van der Waals surface area (Å²) in [4.78, 5) is 0. The number of aryl methyl sites for hydroxylation is 1. The molecule has 1 unspecified atom stereocenters. The molecule has 3 N–H and O–H groups in total. The van der Waals surface area contributed by atoms with Crippen molar-refractivity contribution in [2.24, 2.45) is 5.73 Å². The Kier molecular flexibility index (Phi) is 2.65. The van der Waals surface area contributed by atoms with Crippen molar-refractivity contribution in [1.82, 2.24) is 10.2 Å². The lowest BCUT2D eigenvalue weighted by molar-refractivity contribution is 0.719. The summed E-state index contributed by atoms with van der Waals surface area (Å²) < 4.78 is 0. The van der Waals surface area contributed by atoms with Gasteiger partial charge in [0, 0.05) is 18.2 Å². The molecule has 0 amide bonds. The number of aromatic amines is 1. The molecule has 0 bridgehead atoms. The number of hydrogen-bond donors (Lipinski definition) is 2. The maximum atomic E-state index is 5.63. The molecule has 1 heterocycles. The molecule has 0 aliphatic heterocycles. The Hall–Kier alpha value is -0.830. The molecule has 0 saturated carbocycles. The van der Waals surface area contributed by atoms with Gasteiger partial charge < -0.3 is 5.73 Å².